The fraction of sp³-hybridized carbons (Fsp3) is 0.385. The van der Waals surface area contributed by atoms with Crippen molar-refractivity contribution in [3.05, 3.63) is 53.6 Å². The number of aromatic nitrogens is 1. The maximum absolute atomic E-state index is 13.2. The molecule has 0 radical (unpaired) electrons. The lowest BCUT2D eigenvalue weighted by atomic mass is 9.92. The summed E-state index contributed by atoms with van der Waals surface area (Å²) in [4.78, 5) is 26.8. The summed E-state index contributed by atoms with van der Waals surface area (Å²) in [6, 6.07) is 13.1. The number of ether oxygens (including phenoxy) is 1. The van der Waals surface area contributed by atoms with Crippen molar-refractivity contribution in [2.45, 2.75) is 45.6 Å². The number of rotatable bonds is 7. The van der Waals surface area contributed by atoms with Gasteiger partial charge in [0.15, 0.2) is 0 Å². The zero-order valence-corrected chi connectivity index (χ0v) is 18.9. The third-order valence-electron chi connectivity index (χ3n) is 6.57. The smallest absolute Gasteiger partial charge is 0.335 e. The minimum Gasteiger partial charge on any atom is -0.497 e. The van der Waals surface area contributed by atoms with Crippen LogP contribution in [0.5, 0.6) is 5.75 Å². The van der Waals surface area contributed by atoms with E-state index in [1.165, 1.54) is 0 Å². The number of hydrogen-bond donors (Lipinski definition) is 1. The molecule has 32 heavy (non-hydrogen) atoms. The van der Waals surface area contributed by atoms with Crippen LogP contribution >= 0.6 is 0 Å². The molecule has 1 aliphatic heterocycles. The zero-order valence-electron chi connectivity index (χ0n) is 18.9. The maximum atomic E-state index is 13.2. The Morgan fingerprint density at radius 2 is 1.78 bits per heavy atom. The summed E-state index contributed by atoms with van der Waals surface area (Å²) in [5, 5.41) is 10.6. The van der Waals surface area contributed by atoms with Crippen LogP contribution in [0.1, 0.15) is 54.9 Å². The molecule has 0 saturated carbocycles. The average molecular weight is 435 g/mol. The van der Waals surface area contributed by atoms with Crippen molar-refractivity contribution in [1.29, 1.82) is 0 Å². The predicted octanol–water partition coefficient (Wildman–Crippen LogP) is 5.15. The van der Waals surface area contributed by atoms with Gasteiger partial charge in [-0.1, -0.05) is 19.9 Å². The number of carbonyl (C=O) groups is 2. The van der Waals surface area contributed by atoms with Gasteiger partial charge in [0.05, 0.1) is 23.9 Å². The number of likely N-dealkylation sites (tertiary alicyclic amines) is 1. The maximum Gasteiger partial charge on any atom is 0.335 e. The summed E-state index contributed by atoms with van der Waals surface area (Å²) in [6.07, 6.45) is 3.00. The summed E-state index contributed by atoms with van der Waals surface area (Å²) in [6.45, 7) is 6.09. The first kappa shape index (κ1) is 21.9. The van der Waals surface area contributed by atoms with Gasteiger partial charge in [0.25, 0.3) is 0 Å². The van der Waals surface area contributed by atoms with Crippen LogP contribution in [0, 0.1) is 0 Å². The standard InChI is InChI=1S/C26H30N2O4/c1-4-17(2)24-21-12-9-19(26(30)31)15-22(21)28(16-23(29)27-13-5-6-14-27)25(24)18-7-10-20(32-3)11-8-18/h7-12,15,17H,4-6,13-14,16H2,1-3H3,(H,30,31). The number of benzene rings is 2. The molecule has 1 amide bonds. The molecule has 1 saturated heterocycles. The van der Waals surface area contributed by atoms with Crippen LogP contribution in [0.3, 0.4) is 0 Å². The molecule has 1 atom stereocenters. The molecule has 6 heteroatoms. The molecule has 1 unspecified atom stereocenters. The fourth-order valence-electron chi connectivity index (χ4n) is 4.64. The molecule has 2 heterocycles. The monoisotopic (exact) mass is 434 g/mol. The third kappa shape index (κ3) is 3.97. The van der Waals surface area contributed by atoms with Crippen LogP contribution < -0.4 is 4.74 Å². The van der Waals surface area contributed by atoms with Gasteiger partial charge >= 0.3 is 5.97 Å². The van der Waals surface area contributed by atoms with Gasteiger partial charge in [0.2, 0.25) is 5.91 Å². The van der Waals surface area contributed by atoms with E-state index in [1.807, 2.05) is 39.8 Å². The molecule has 2 aromatic carbocycles. The van der Waals surface area contributed by atoms with Crippen LogP contribution in [0.15, 0.2) is 42.5 Å². The average Bonchev–Trinajstić information content (AvgIpc) is 3.45. The number of fused-ring (bicyclic) bond motifs is 1. The highest BCUT2D eigenvalue weighted by atomic mass is 16.5. The molecule has 0 spiro atoms. The van der Waals surface area contributed by atoms with E-state index >= 15 is 0 Å². The lowest BCUT2D eigenvalue weighted by Crippen LogP contribution is -2.31. The van der Waals surface area contributed by atoms with Crippen molar-refractivity contribution < 1.29 is 19.4 Å². The highest BCUT2D eigenvalue weighted by Gasteiger charge is 2.26. The SMILES string of the molecule is CCC(C)c1c(-c2ccc(OC)cc2)n(CC(=O)N2CCCC2)c2cc(C(=O)O)ccc12. The first-order valence-corrected chi connectivity index (χ1v) is 11.3. The van der Waals surface area contributed by atoms with Crippen molar-refractivity contribution in [3.8, 4) is 17.0 Å². The Morgan fingerprint density at radius 1 is 1.09 bits per heavy atom. The molecule has 0 aliphatic carbocycles. The van der Waals surface area contributed by atoms with Crippen molar-refractivity contribution in [3.63, 3.8) is 0 Å². The summed E-state index contributed by atoms with van der Waals surface area (Å²) in [5.41, 5.74) is 4.13. The largest absolute Gasteiger partial charge is 0.497 e. The molecule has 6 nitrogen and oxygen atoms in total. The van der Waals surface area contributed by atoms with Crippen molar-refractivity contribution in [2.75, 3.05) is 20.2 Å². The second-order valence-corrected chi connectivity index (χ2v) is 8.51. The second-order valence-electron chi connectivity index (χ2n) is 8.51. The van der Waals surface area contributed by atoms with E-state index in [1.54, 1.807) is 19.2 Å². The number of carboxylic acid groups (broad SMARTS) is 1. The van der Waals surface area contributed by atoms with Gasteiger partial charge in [-0.05, 0) is 72.7 Å². The van der Waals surface area contributed by atoms with E-state index in [0.29, 0.717) is 0 Å². The summed E-state index contributed by atoms with van der Waals surface area (Å²) in [7, 11) is 1.64. The van der Waals surface area contributed by atoms with E-state index in [2.05, 4.69) is 13.8 Å². The predicted molar refractivity (Wildman–Crippen MR) is 125 cm³/mol. The van der Waals surface area contributed by atoms with E-state index < -0.39 is 5.97 Å². The number of aromatic carboxylic acids is 1. The molecule has 0 bridgehead atoms. The fourth-order valence-corrected chi connectivity index (χ4v) is 4.64. The first-order chi connectivity index (χ1) is 15.4. The van der Waals surface area contributed by atoms with Crippen LogP contribution in [-0.2, 0) is 11.3 Å². The van der Waals surface area contributed by atoms with Gasteiger partial charge in [-0.25, -0.2) is 4.79 Å². The number of methoxy groups -OCH3 is 1. The van der Waals surface area contributed by atoms with Gasteiger partial charge in [0.1, 0.15) is 12.3 Å². The highest BCUT2D eigenvalue weighted by Crippen LogP contribution is 2.40. The molecular formula is C26H30N2O4. The van der Waals surface area contributed by atoms with Gasteiger partial charge < -0.3 is 19.3 Å². The second kappa shape index (κ2) is 9.07. The number of carboxylic acids is 1. The first-order valence-electron chi connectivity index (χ1n) is 11.3. The van der Waals surface area contributed by atoms with Crippen molar-refractivity contribution >= 4 is 22.8 Å². The molecule has 3 aromatic rings. The Bertz CT molecular complexity index is 1140. The van der Waals surface area contributed by atoms with Crippen LogP contribution in [0.4, 0.5) is 0 Å². The zero-order chi connectivity index (χ0) is 22.8. The van der Waals surface area contributed by atoms with E-state index in [0.717, 1.165) is 65.8 Å². The van der Waals surface area contributed by atoms with Gasteiger partial charge in [0, 0.05) is 18.5 Å². The van der Waals surface area contributed by atoms with Gasteiger partial charge in [-0.3, -0.25) is 4.79 Å². The van der Waals surface area contributed by atoms with Gasteiger partial charge in [-0.15, -0.1) is 0 Å². The molecule has 168 valence electrons. The molecular weight excluding hydrogens is 404 g/mol. The number of amides is 1. The Labute approximate surface area is 188 Å². The third-order valence-corrected chi connectivity index (χ3v) is 6.57. The number of nitrogens with zero attached hydrogens (tertiary/aromatic N) is 2. The van der Waals surface area contributed by atoms with Crippen molar-refractivity contribution in [1.82, 2.24) is 9.47 Å². The van der Waals surface area contributed by atoms with Gasteiger partial charge in [-0.2, -0.15) is 0 Å². The summed E-state index contributed by atoms with van der Waals surface area (Å²) < 4.78 is 7.35. The minimum absolute atomic E-state index is 0.0746. The topological polar surface area (TPSA) is 71.8 Å². The number of hydrogen-bond acceptors (Lipinski definition) is 3. The molecule has 1 fully saturated rings. The Morgan fingerprint density at radius 3 is 2.38 bits per heavy atom. The highest BCUT2D eigenvalue weighted by molar-refractivity contribution is 5.99. The van der Waals surface area contributed by atoms with E-state index in [4.69, 9.17) is 4.74 Å². The molecule has 4 rings (SSSR count). The Balaban J connectivity index is 1.97. The summed E-state index contributed by atoms with van der Waals surface area (Å²) >= 11 is 0. The summed E-state index contributed by atoms with van der Waals surface area (Å²) in [5.74, 6) is 0.114. The van der Waals surface area contributed by atoms with E-state index in [-0.39, 0.29) is 23.9 Å². The molecule has 1 aliphatic rings. The Kier molecular flexibility index (Phi) is 6.21. The van der Waals surface area contributed by atoms with Crippen LogP contribution in [-0.4, -0.2) is 46.6 Å². The molecule has 1 N–H and O–H groups in total. The van der Waals surface area contributed by atoms with Crippen LogP contribution in [0.2, 0.25) is 0 Å². The normalized spacial score (nSPS) is 14.7. The number of carbonyl (C=O) groups excluding carboxylic acids is 1. The van der Waals surface area contributed by atoms with Crippen LogP contribution in [0.25, 0.3) is 22.2 Å². The Hall–Kier alpha value is -3.28. The lowest BCUT2D eigenvalue weighted by Gasteiger charge is -2.19. The van der Waals surface area contributed by atoms with E-state index in [9.17, 15) is 14.7 Å². The quantitative estimate of drug-likeness (QED) is 0.558. The van der Waals surface area contributed by atoms with Crippen molar-refractivity contribution in [2.24, 2.45) is 0 Å². The lowest BCUT2D eigenvalue weighted by molar-refractivity contribution is -0.130. The minimum atomic E-state index is -0.971. The molecule has 1 aromatic heterocycles.